The Morgan fingerprint density at radius 3 is 2.50 bits per heavy atom. The third-order valence-corrected chi connectivity index (χ3v) is 3.44. The molecule has 0 radical (unpaired) electrons. The third-order valence-electron chi connectivity index (χ3n) is 3.44. The van der Waals surface area contributed by atoms with E-state index in [0.717, 1.165) is 0 Å². The maximum Gasteiger partial charge on any atom is 0.347 e. The summed E-state index contributed by atoms with van der Waals surface area (Å²) in [6.07, 6.45) is 2.73. The van der Waals surface area contributed by atoms with Crippen LogP contribution in [-0.2, 0) is 0 Å². The Kier molecular flexibility index (Phi) is 4.03. The fourth-order valence-electron chi connectivity index (χ4n) is 2.20. The van der Waals surface area contributed by atoms with E-state index < -0.39 is 16.3 Å². The van der Waals surface area contributed by atoms with Crippen LogP contribution < -0.4 is 5.63 Å². The number of ketones is 1. The van der Waals surface area contributed by atoms with Crippen molar-refractivity contribution in [3.8, 4) is 0 Å². The number of fused-ring (bicyclic) bond motifs is 1. The number of para-hydroxylation sites is 1. The van der Waals surface area contributed by atoms with Gasteiger partial charge in [-0.05, 0) is 35.9 Å². The molecule has 0 N–H and O–H groups in total. The van der Waals surface area contributed by atoms with E-state index in [2.05, 4.69) is 0 Å². The first kappa shape index (κ1) is 15.4. The number of hydrogen-bond acceptors (Lipinski definition) is 5. The summed E-state index contributed by atoms with van der Waals surface area (Å²) < 4.78 is 5.12. The van der Waals surface area contributed by atoms with Crippen LogP contribution in [0.1, 0.15) is 15.9 Å². The summed E-state index contributed by atoms with van der Waals surface area (Å²) in [7, 11) is 0. The molecule has 0 atom stereocenters. The van der Waals surface area contributed by atoms with E-state index >= 15 is 0 Å². The molecule has 3 rings (SSSR count). The quantitative estimate of drug-likeness (QED) is 0.241. The van der Waals surface area contributed by atoms with Gasteiger partial charge in [0.25, 0.3) is 5.69 Å². The Morgan fingerprint density at radius 2 is 1.79 bits per heavy atom. The van der Waals surface area contributed by atoms with E-state index in [1.165, 1.54) is 42.5 Å². The number of allylic oxidation sites excluding steroid dienone is 1. The molecule has 1 heterocycles. The average Bonchev–Trinajstić information content (AvgIpc) is 2.59. The second-order valence-corrected chi connectivity index (χ2v) is 5.03. The van der Waals surface area contributed by atoms with Crippen LogP contribution >= 0.6 is 0 Å². The van der Waals surface area contributed by atoms with Gasteiger partial charge in [0.15, 0.2) is 5.78 Å². The number of carbonyl (C=O) groups excluding carboxylic acids is 1. The zero-order valence-corrected chi connectivity index (χ0v) is 12.3. The van der Waals surface area contributed by atoms with E-state index in [0.29, 0.717) is 16.5 Å². The standard InChI is InChI=1S/C18H11NO5/c20-16(10-7-12-5-8-14(9-6-12)19(22)23)15-11-13-3-1-2-4-17(13)24-18(15)21/h1-11H/b10-7+. The smallest absolute Gasteiger partial charge is 0.347 e. The Bertz CT molecular complexity index is 1020. The zero-order chi connectivity index (χ0) is 17.1. The predicted molar refractivity (Wildman–Crippen MR) is 88.9 cm³/mol. The molecule has 0 aliphatic heterocycles. The molecule has 6 nitrogen and oxygen atoms in total. The van der Waals surface area contributed by atoms with Crippen LogP contribution in [0.15, 0.2) is 69.9 Å². The third kappa shape index (κ3) is 3.12. The molecule has 0 fully saturated rings. The van der Waals surface area contributed by atoms with Gasteiger partial charge < -0.3 is 4.42 Å². The van der Waals surface area contributed by atoms with Crippen LogP contribution in [0.25, 0.3) is 17.0 Å². The topological polar surface area (TPSA) is 90.4 Å². The molecule has 0 bridgehead atoms. The molecule has 24 heavy (non-hydrogen) atoms. The maximum absolute atomic E-state index is 12.2. The number of carbonyl (C=O) groups is 1. The minimum absolute atomic E-state index is 0.0337. The van der Waals surface area contributed by atoms with Gasteiger partial charge in [-0.25, -0.2) is 4.79 Å². The molecule has 0 saturated heterocycles. The van der Waals surface area contributed by atoms with Crippen LogP contribution in [-0.4, -0.2) is 10.7 Å². The highest BCUT2D eigenvalue weighted by Crippen LogP contribution is 2.15. The van der Waals surface area contributed by atoms with Crippen LogP contribution in [0.4, 0.5) is 5.69 Å². The Hall–Kier alpha value is -3.54. The SMILES string of the molecule is O=C(/C=C/c1ccc([N+](=O)[O-])cc1)c1cc2ccccc2oc1=O. The number of nitro benzene ring substituents is 1. The molecule has 0 amide bonds. The van der Waals surface area contributed by atoms with Crippen LogP contribution in [0.2, 0.25) is 0 Å². The van der Waals surface area contributed by atoms with E-state index in [4.69, 9.17) is 4.42 Å². The zero-order valence-electron chi connectivity index (χ0n) is 12.3. The fraction of sp³-hybridized carbons (Fsp3) is 0. The fourth-order valence-corrected chi connectivity index (χ4v) is 2.20. The van der Waals surface area contributed by atoms with Gasteiger partial charge in [-0.2, -0.15) is 0 Å². The van der Waals surface area contributed by atoms with E-state index in [1.54, 1.807) is 24.3 Å². The molecule has 0 aliphatic rings. The van der Waals surface area contributed by atoms with Gasteiger partial charge in [-0.3, -0.25) is 14.9 Å². The monoisotopic (exact) mass is 321 g/mol. The Balaban J connectivity index is 1.88. The minimum atomic E-state index is -0.702. The largest absolute Gasteiger partial charge is 0.422 e. The van der Waals surface area contributed by atoms with Crippen LogP contribution in [0.3, 0.4) is 0 Å². The van der Waals surface area contributed by atoms with E-state index in [9.17, 15) is 19.7 Å². The van der Waals surface area contributed by atoms with Gasteiger partial charge in [-0.15, -0.1) is 0 Å². The normalized spacial score (nSPS) is 11.0. The molecule has 6 heteroatoms. The highest BCUT2D eigenvalue weighted by atomic mass is 16.6. The molecule has 0 aliphatic carbocycles. The molecule has 2 aromatic carbocycles. The summed E-state index contributed by atoms with van der Waals surface area (Å²) in [6.45, 7) is 0. The van der Waals surface area contributed by atoms with Gasteiger partial charge in [-0.1, -0.05) is 24.3 Å². The first-order chi connectivity index (χ1) is 11.5. The van der Waals surface area contributed by atoms with Crippen molar-refractivity contribution in [2.24, 2.45) is 0 Å². The van der Waals surface area contributed by atoms with E-state index in [-0.39, 0.29) is 11.3 Å². The highest BCUT2D eigenvalue weighted by Gasteiger charge is 2.11. The predicted octanol–water partition coefficient (Wildman–Crippen LogP) is 3.60. The van der Waals surface area contributed by atoms with Gasteiger partial charge in [0.05, 0.1) is 4.92 Å². The van der Waals surface area contributed by atoms with Crippen molar-refractivity contribution in [2.75, 3.05) is 0 Å². The summed E-state index contributed by atoms with van der Waals surface area (Å²) in [5.74, 6) is -0.493. The lowest BCUT2D eigenvalue weighted by molar-refractivity contribution is -0.384. The van der Waals surface area contributed by atoms with Crippen molar-refractivity contribution in [3.05, 3.63) is 92.3 Å². The minimum Gasteiger partial charge on any atom is -0.422 e. The van der Waals surface area contributed by atoms with Crippen molar-refractivity contribution < 1.29 is 14.1 Å². The van der Waals surface area contributed by atoms with E-state index in [1.807, 2.05) is 0 Å². The molecular formula is C18H11NO5. The number of benzene rings is 2. The summed E-state index contributed by atoms with van der Waals surface area (Å²) in [5.41, 5.74) is 0.227. The number of nitro groups is 1. The molecule has 3 aromatic rings. The van der Waals surface area contributed by atoms with Crippen molar-refractivity contribution in [2.45, 2.75) is 0 Å². The number of non-ortho nitro benzene ring substituents is 1. The summed E-state index contributed by atoms with van der Waals surface area (Å²) in [5, 5.41) is 11.3. The van der Waals surface area contributed by atoms with Gasteiger partial charge >= 0.3 is 5.63 Å². The number of rotatable bonds is 4. The van der Waals surface area contributed by atoms with Crippen molar-refractivity contribution in [1.82, 2.24) is 0 Å². The van der Waals surface area contributed by atoms with Gasteiger partial charge in [0.2, 0.25) is 0 Å². The number of nitrogens with zero attached hydrogens (tertiary/aromatic N) is 1. The molecule has 0 unspecified atom stereocenters. The second-order valence-electron chi connectivity index (χ2n) is 5.03. The lowest BCUT2D eigenvalue weighted by Crippen LogP contribution is -2.11. The highest BCUT2D eigenvalue weighted by molar-refractivity contribution is 6.07. The maximum atomic E-state index is 12.2. The summed E-state index contributed by atoms with van der Waals surface area (Å²) in [6, 6.07) is 14.1. The lowest BCUT2D eigenvalue weighted by Gasteiger charge is -1.99. The first-order valence-corrected chi connectivity index (χ1v) is 7.04. The second kappa shape index (κ2) is 6.29. The Labute approximate surface area is 135 Å². The average molecular weight is 321 g/mol. The lowest BCUT2D eigenvalue weighted by atomic mass is 10.1. The van der Waals surface area contributed by atoms with Crippen LogP contribution in [0, 0.1) is 10.1 Å². The van der Waals surface area contributed by atoms with Crippen LogP contribution in [0.5, 0.6) is 0 Å². The molecule has 0 saturated carbocycles. The summed E-state index contributed by atoms with van der Waals surface area (Å²) in [4.78, 5) is 34.2. The molecule has 0 spiro atoms. The van der Waals surface area contributed by atoms with Crippen molar-refractivity contribution >= 4 is 28.5 Å². The molecular weight excluding hydrogens is 310 g/mol. The van der Waals surface area contributed by atoms with Gasteiger partial charge in [0.1, 0.15) is 11.1 Å². The Morgan fingerprint density at radius 1 is 1.08 bits per heavy atom. The van der Waals surface area contributed by atoms with Crippen molar-refractivity contribution in [1.29, 1.82) is 0 Å². The number of hydrogen-bond donors (Lipinski definition) is 0. The molecule has 118 valence electrons. The molecule has 1 aromatic heterocycles. The van der Waals surface area contributed by atoms with Crippen molar-refractivity contribution in [3.63, 3.8) is 0 Å². The van der Waals surface area contributed by atoms with Gasteiger partial charge in [0, 0.05) is 17.5 Å². The first-order valence-electron chi connectivity index (χ1n) is 7.04. The summed E-state index contributed by atoms with van der Waals surface area (Å²) >= 11 is 0.